The van der Waals surface area contributed by atoms with Crippen LogP contribution in [0.3, 0.4) is 0 Å². The number of hydrogen-bond acceptors (Lipinski definition) is 4. The largest absolute Gasteiger partial charge is 0.392 e. The van der Waals surface area contributed by atoms with Crippen molar-refractivity contribution in [1.82, 2.24) is 4.90 Å². The molecule has 0 amide bonds. The molecule has 0 radical (unpaired) electrons. The molecule has 4 heteroatoms. The van der Waals surface area contributed by atoms with Crippen molar-refractivity contribution in [2.24, 2.45) is 17.8 Å². The number of rotatable bonds is 1. The number of likely N-dealkylation sites (N-methyl/N-ethyl adjacent to an activating group) is 1. The van der Waals surface area contributed by atoms with Gasteiger partial charge in [0.1, 0.15) is 6.23 Å². The molecule has 1 aromatic carbocycles. The number of nitrogens with zero attached hydrogens (tertiary/aromatic N) is 2. The quantitative estimate of drug-likeness (QED) is 0.822. The lowest BCUT2D eigenvalue weighted by Crippen LogP contribution is -2.72. The summed E-state index contributed by atoms with van der Waals surface area (Å²) < 4.78 is 0. The van der Waals surface area contributed by atoms with Gasteiger partial charge in [0, 0.05) is 42.1 Å². The Morgan fingerprint density at radius 3 is 2.79 bits per heavy atom. The van der Waals surface area contributed by atoms with Crippen molar-refractivity contribution < 1.29 is 10.2 Å². The monoisotopic (exact) mass is 326 g/mol. The van der Waals surface area contributed by atoms with Crippen molar-refractivity contribution >= 4 is 5.69 Å². The third kappa shape index (κ3) is 1.20. The van der Waals surface area contributed by atoms with Crippen LogP contribution < -0.4 is 4.90 Å². The van der Waals surface area contributed by atoms with Gasteiger partial charge in [-0.1, -0.05) is 25.1 Å². The van der Waals surface area contributed by atoms with Crippen molar-refractivity contribution in [2.75, 3.05) is 11.9 Å². The van der Waals surface area contributed by atoms with E-state index >= 15 is 0 Å². The zero-order chi connectivity index (χ0) is 16.4. The Labute approximate surface area is 143 Å². The fourth-order valence-electron chi connectivity index (χ4n) is 7.88. The Hall–Kier alpha value is -1.10. The van der Waals surface area contributed by atoms with Crippen molar-refractivity contribution in [3.05, 3.63) is 29.8 Å². The molecule has 4 nitrogen and oxygen atoms in total. The van der Waals surface area contributed by atoms with Gasteiger partial charge in [0.15, 0.2) is 0 Å². The van der Waals surface area contributed by atoms with E-state index in [4.69, 9.17) is 0 Å². The summed E-state index contributed by atoms with van der Waals surface area (Å²) in [6.07, 6.45) is 2.56. The highest BCUT2D eigenvalue weighted by atomic mass is 16.3. The standard InChI is InChI=1S/C20H26N2O2/c1-3-10-11-8-14-17-20(12-6-4-5-7-13(12)21(17)2)9-15(16(11)18(20)23)22(14)19(10)24/h4-7,10-11,14-19,23-24H,3,8-9H2,1-2H3/t10-,11+,14+,15+,16+,17+,18-,19+,20?/m1/s1. The fourth-order valence-corrected chi connectivity index (χ4v) is 7.88. The molecule has 5 fully saturated rings. The first-order valence-corrected chi connectivity index (χ1v) is 9.57. The van der Waals surface area contributed by atoms with Gasteiger partial charge in [0.05, 0.1) is 12.1 Å². The summed E-state index contributed by atoms with van der Waals surface area (Å²) in [5, 5.41) is 22.6. The van der Waals surface area contributed by atoms with Gasteiger partial charge in [-0.15, -0.1) is 0 Å². The maximum absolute atomic E-state index is 11.6. The maximum Gasteiger partial charge on any atom is 0.111 e. The Morgan fingerprint density at radius 2 is 2.00 bits per heavy atom. The molecule has 4 saturated heterocycles. The number of hydrogen-bond donors (Lipinski definition) is 2. The maximum atomic E-state index is 11.6. The normalized spacial score (nSPS) is 55.8. The molecule has 128 valence electrons. The summed E-state index contributed by atoms with van der Waals surface area (Å²) in [5.41, 5.74) is 2.51. The van der Waals surface area contributed by atoms with Gasteiger partial charge in [0.25, 0.3) is 0 Å². The minimum Gasteiger partial charge on any atom is -0.392 e. The van der Waals surface area contributed by atoms with Gasteiger partial charge in [-0.05, 0) is 36.8 Å². The summed E-state index contributed by atoms with van der Waals surface area (Å²) in [4.78, 5) is 4.83. The number of fused-ring (bicyclic) bond motifs is 2. The van der Waals surface area contributed by atoms with Crippen LogP contribution >= 0.6 is 0 Å². The Balaban J connectivity index is 1.60. The predicted octanol–water partition coefficient (Wildman–Crippen LogP) is 1.55. The van der Waals surface area contributed by atoms with Crippen molar-refractivity contribution in [3.63, 3.8) is 0 Å². The third-order valence-electron chi connectivity index (χ3n) is 8.46. The molecule has 2 N–H and O–H groups in total. The van der Waals surface area contributed by atoms with Crippen LogP contribution in [-0.2, 0) is 5.41 Å². The highest BCUT2D eigenvalue weighted by Crippen LogP contribution is 2.68. The molecule has 1 aliphatic carbocycles. The summed E-state index contributed by atoms with van der Waals surface area (Å²) in [5.74, 6) is 1.14. The average molecular weight is 326 g/mol. The molecule has 1 saturated carbocycles. The molecular formula is C20H26N2O2. The Bertz CT molecular complexity index is 723. The van der Waals surface area contributed by atoms with E-state index in [1.54, 1.807) is 0 Å². The lowest BCUT2D eigenvalue weighted by atomic mass is 9.62. The van der Waals surface area contributed by atoms with Crippen LogP contribution in [0, 0.1) is 17.8 Å². The first-order valence-electron chi connectivity index (χ1n) is 9.57. The SMILES string of the molecule is CC[C@@H]1[C@@H]2C[C@H]3[C@@H]4N(C)c5ccccc5C45C[C@@H]([C@H]2[C@H]5O)N3[C@H]1O. The zero-order valence-corrected chi connectivity index (χ0v) is 14.3. The van der Waals surface area contributed by atoms with Crippen LogP contribution in [-0.4, -0.2) is 52.6 Å². The van der Waals surface area contributed by atoms with E-state index in [-0.39, 0.29) is 17.7 Å². The number of benzene rings is 1. The van der Waals surface area contributed by atoms with Gasteiger partial charge in [-0.2, -0.15) is 0 Å². The van der Waals surface area contributed by atoms with E-state index in [1.165, 1.54) is 11.3 Å². The summed E-state index contributed by atoms with van der Waals surface area (Å²) in [6, 6.07) is 9.70. The van der Waals surface area contributed by atoms with E-state index in [1.807, 2.05) is 0 Å². The van der Waals surface area contributed by atoms with Crippen molar-refractivity contribution in [3.8, 4) is 0 Å². The number of aliphatic hydroxyl groups excluding tert-OH is 2. The summed E-state index contributed by atoms with van der Waals surface area (Å²) in [7, 11) is 2.19. The van der Waals surface area contributed by atoms with E-state index < -0.39 is 0 Å². The minimum atomic E-state index is -0.319. The second-order valence-corrected chi connectivity index (χ2v) is 8.81. The molecule has 24 heavy (non-hydrogen) atoms. The second kappa shape index (κ2) is 4.17. The highest BCUT2D eigenvalue weighted by molar-refractivity contribution is 5.67. The van der Waals surface area contributed by atoms with Crippen LogP contribution in [0.25, 0.3) is 0 Å². The van der Waals surface area contributed by atoms with Crippen molar-refractivity contribution in [1.29, 1.82) is 0 Å². The first kappa shape index (κ1) is 14.1. The van der Waals surface area contributed by atoms with Crippen LogP contribution in [0.1, 0.15) is 31.7 Å². The molecule has 2 unspecified atom stereocenters. The molecule has 5 aliphatic heterocycles. The van der Waals surface area contributed by atoms with Crippen LogP contribution in [0.2, 0.25) is 0 Å². The number of para-hydroxylation sites is 1. The van der Waals surface area contributed by atoms with Crippen molar-refractivity contribution in [2.45, 2.75) is 62.1 Å². The predicted molar refractivity (Wildman–Crippen MR) is 91.7 cm³/mol. The lowest BCUT2D eigenvalue weighted by Gasteiger charge is -2.62. The van der Waals surface area contributed by atoms with Gasteiger partial charge in [-0.3, -0.25) is 4.90 Å². The molecule has 5 bridgehead atoms. The number of anilines is 1. The van der Waals surface area contributed by atoms with E-state index in [9.17, 15) is 10.2 Å². The molecule has 5 heterocycles. The molecule has 1 aromatic rings. The minimum absolute atomic E-state index is 0.126. The first-order chi connectivity index (χ1) is 11.6. The average Bonchev–Trinajstić information content (AvgIpc) is 2.97. The molecule has 10 atom stereocenters. The molecule has 1 spiro atoms. The van der Waals surface area contributed by atoms with E-state index in [2.05, 4.69) is 48.0 Å². The zero-order valence-electron chi connectivity index (χ0n) is 14.3. The molecule has 6 aliphatic rings. The third-order valence-corrected chi connectivity index (χ3v) is 8.46. The molecule has 0 aromatic heterocycles. The van der Waals surface area contributed by atoms with Crippen LogP contribution in [0.15, 0.2) is 24.3 Å². The van der Waals surface area contributed by atoms with Gasteiger partial charge in [0.2, 0.25) is 0 Å². The second-order valence-electron chi connectivity index (χ2n) is 8.81. The van der Waals surface area contributed by atoms with Gasteiger partial charge >= 0.3 is 0 Å². The molecular weight excluding hydrogens is 300 g/mol. The number of piperidine rings is 4. The van der Waals surface area contributed by atoms with Gasteiger partial charge < -0.3 is 15.1 Å². The topological polar surface area (TPSA) is 46.9 Å². The Kier molecular flexibility index (Phi) is 2.45. The van der Waals surface area contributed by atoms with E-state index in [0.717, 1.165) is 19.3 Å². The fraction of sp³-hybridized carbons (Fsp3) is 0.700. The number of aliphatic hydroxyl groups is 2. The van der Waals surface area contributed by atoms with Crippen LogP contribution in [0.4, 0.5) is 5.69 Å². The van der Waals surface area contributed by atoms with Crippen LogP contribution in [0.5, 0.6) is 0 Å². The smallest absolute Gasteiger partial charge is 0.111 e. The lowest BCUT2D eigenvalue weighted by molar-refractivity contribution is -0.211. The molecule has 7 rings (SSSR count). The van der Waals surface area contributed by atoms with E-state index in [0.29, 0.717) is 35.9 Å². The summed E-state index contributed by atoms with van der Waals surface area (Å²) >= 11 is 0. The van der Waals surface area contributed by atoms with Gasteiger partial charge in [-0.25, -0.2) is 0 Å². The Morgan fingerprint density at radius 1 is 1.21 bits per heavy atom. The highest BCUT2D eigenvalue weighted by Gasteiger charge is 2.76. The summed E-state index contributed by atoms with van der Waals surface area (Å²) in [6.45, 7) is 2.19.